The van der Waals surface area contributed by atoms with Crippen LogP contribution in [0.25, 0.3) is 0 Å². The number of amides is 3. The molecule has 0 saturated carbocycles. The summed E-state index contributed by atoms with van der Waals surface area (Å²) in [4.78, 5) is 27.2. The number of hydrogen-bond donors (Lipinski definition) is 4. The molecule has 1 aliphatic rings. The summed E-state index contributed by atoms with van der Waals surface area (Å²) in [6, 6.07) is 17.4. The predicted octanol–water partition coefficient (Wildman–Crippen LogP) is -0.525. The number of urea groups is 1. The van der Waals surface area contributed by atoms with Crippen LogP contribution in [0.2, 0.25) is 0 Å². The van der Waals surface area contributed by atoms with Crippen molar-refractivity contribution in [2.75, 3.05) is 33.2 Å². The maximum Gasteiger partial charge on any atom is 0.321 e. The summed E-state index contributed by atoms with van der Waals surface area (Å²) in [5.41, 5.74) is 3.66. The fourth-order valence-corrected chi connectivity index (χ4v) is 3.93. The van der Waals surface area contributed by atoms with E-state index in [1.807, 2.05) is 30.3 Å². The Morgan fingerprint density at radius 2 is 1.61 bits per heavy atom. The Hall–Kier alpha value is -2.70. The van der Waals surface area contributed by atoms with Crippen LogP contribution in [0.5, 0.6) is 0 Å². The number of rotatable bonds is 5. The Balaban J connectivity index is 1.68. The van der Waals surface area contributed by atoms with Crippen molar-refractivity contribution >= 4 is 11.9 Å². The summed E-state index contributed by atoms with van der Waals surface area (Å²) >= 11 is 0. The van der Waals surface area contributed by atoms with Gasteiger partial charge in [-0.2, -0.15) is 0 Å². The van der Waals surface area contributed by atoms with Gasteiger partial charge in [-0.05, 0) is 12.5 Å². The number of nitrogens with one attached hydrogen (secondary N) is 4. The average Bonchev–Trinajstić information content (AvgIpc) is 2.72. The van der Waals surface area contributed by atoms with Gasteiger partial charge in [0, 0.05) is 18.2 Å². The van der Waals surface area contributed by atoms with Crippen molar-refractivity contribution < 1.29 is 19.4 Å². The molecule has 0 bridgehead atoms. The highest BCUT2D eigenvalue weighted by molar-refractivity contribution is 5.96. The van der Waals surface area contributed by atoms with Crippen molar-refractivity contribution in [1.29, 1.82) is 0 Å². The fourth-order valence-electron chi connectivity index (χ4n) is 3.93. The highest BCUT2D eigenvalue weighted by Crippen LogP contribution is 2.10. The number of imide groups is 1. The molecule has 3 amide bonds. The van der Waals surface area contributed by atoms with E-state index >= 15 is 0 Å². The molecule has 6 nitrogen and oxygen atoms in total. The number of benzene rings is 2. The van der Waals surface area contributed by atoms with Gasteiger partial charge >= 0.3 is 6.03 Å². The van der Waals surface area contributed by atoms with E-state index in [1.165, 1.54) is 28.0 Å². The quantitative estimate of drug-likeness (QED) is 0.562. The van der Waals surface area contributed by atoms with Crippen LogP contribution in [-0.2, 0) is 11.3 Å². The smallest absolute Gasteiger partial charge is 0.321 e. The van der Waals surface area contributed by atoms with Crippen LogP contribution >= 0.6 is 0 Å². The van der Waals surface area contributed by atoms with Crippen LogP contribution in [0.15, 0.2) is 54.6 Å². The van der Waals surface area contributed by atoms with Crippen molar-refractivity contribution in [1.82, 2.24) is 10.6 Å². The van der Waals surface area contributed by atoms with Crippen LogP contribution in [-0.4, -0.2) is 45.2 Å². The second-order valence-electron chi connectivity index (χ2n) is 7.42. The zero-order valence-electron chi connectivity index (χ0n) is 16.6. The first-order valence-corrected chi connectivity index (χ1v) is 9.88. The van der Waals surface area contributed by atoms with E-state index in [-0.39, 0.29) is 11.9 Å². The van der Waals surface area contributed by atoms with Gasteiger partial charge in [-0.15, -0.1) is 0 Å². The Kier molecular flexibility index (Phi) is 6.79. The molecule has 0 aliphatic carbocycles. The Morgan fingerprint density at radius 1 is 0.964 bits per heavy atom. The van der Waals surface area contributed by atoms with Gasteiger partial charge in [-0.25, -0.2) is 4.79 Å². The largest absolute Gasteiger partial charge is 0.341 e. The first-order valence-electron chi connectivity index (χ1n) is 9.88. The third-order valence-electron chi connectivity index (χ3n) is 5.57. The number of hydrogen-bond acceptors (Lipinski definition) is 2. The molecule has 2 aromatic carbocycles. The van der Waals surface area contributed by atoms with Gasteiger partial charge in [-0.3, -0.25) is 10.1 Å². The first-order chi connectivity index (χ1) is 13.6. The minimum Gasteiger partial charge on any atom is -0.341 e. The maximum atomic E-state index is 12.8. The third kappa shape index (κ3) is 4.97. The van der Waals surface area contributed by atoms with Gasteiger partial charge < -0.3 is 15.1 Å². The van der Waals surface area contributed by atoms with Gasteiger partial charge in [0.15, 0.2) is 6.04 Å². The Morgan fingerprint density at radius 3 is 2.25 bits per heavy atom. The summed E-state index contributed by atoms with van der Waals surface area (Å²) < 4.78 is 0. The van der Waals surface area contributed by atoms with E-state index in [1.54, 1.807) is 0 Å². The van der Waals surface area contributed by atoms with E-state index < -0.39 is 6.03 Å². The third-order valence-corrected chi connectivity index (χ3v) is 5.57. The molecule has 148 valence electrons. The number of piperazine rings is 1. The molecule has 0 spiro atoms. The molecular weight excluding hydrogens is 352 g/mol. The molecule has 4 N–H and O–H groups in total. The molecule has 28 heavy (non-hydrogen) atoms. The van der Waals surface area contributed by atoms with Crippen LogP contribution in [0, 0.1) is 6.92 Å². The highest BCUT2D eigenvalue weighted by Gasteiger charge is 2.36. The summed E-state index contributed by atoms with van der Waals surface area (Å²) in [7, 11) is 1.51. The second-order valence-corrected chi connectivity index (χ2v) is 7.42. The summed E-state index contributed by atoms with van der Waals surface area (Å²) in [6.07, 6.45) is 0. The normalized spacial score (nSPS) is 20.2. The van der Waals surface area contributed by atoms with Gasteiger partial charge in [0.2, 0.25) is 0 Å². The lowest BCUT2D eigenvalue weighted by Gasteiger charge is -2.34. The molecule has 0 aromatic heterocycles. The van der Waals surface area contributed by atoms with Crippen LogP contribution < -0.4 is 20.4 Å². The molecule has 3 rings (SSSR count). The Labute approximate surface area is 166 Å². The van der Waals surface area contributed by atoms with E-state index in [4.69, 9.17) is 0 Å². The van der Waals surface area contributed by atoms with Crippen molar-refractivity contribution in [3.8, 4) is 0 Å². The number of aryl methyl sites for hydroxylation is 1. The van der Waals surface area contributed by atoms with Crippen LogP contribution in [0.1, 0.15) is 22.7 Å². The van der Waals surface area contributed by atoms with E-state index in [2.05, 4.69) is 41.8 Å². The topological polar surface area (TPSA) is 67.1 Å². The lowest BCUT2D eigenvalue weighted by atomic mass is 10.0. The first kappa shape index (κ1) is 20.0. The summed E-state index contributed by atoms with van der Waals surface area (Å²) in [5, 5.41) is 4.93. The molecule has 2 aromatic rings. The van der Waals surface area contributed by atoms with Crippen molar-refractivity contribution in [2.24, 2.45) is 0 Å². The molecule has 1 heterocycles. The molecule has 1 aliphatic heterocycles. The van der Waals surface area contributed by atoms with Crippen molar-refractivity contribution in [3.05, 3.63) is 71.3 Å². The molecular formula is C22H30N4O2+2. The summed E-state index contributed by atoms with van der Waals surface area (Å²) in [5.74, 6) is -0.247. The van der Waals surface area contributed by atoms with E-state index in [9.17, 15) is 9.59 Å². The molecule has 1 fully saturated rings. The van der Waals surface area contributed by atoms with E-state index in [0.717, 1.165) is 38.3 Å². The lowest BCUT2D eigenvalue weighted by Crippen LogP contribution is -3.28. The maximum absolute atomic E-state index is 12.8. The second kappa shape index (κ2) is 9.48. The molecule has 0 radical (unpaired) electrons. The van der Waals surface area contributed by atoms with Crippen LogP contribution in [0.4, 0.5) is 4.79 Å². The fraction of sp³-hybridized carbons (Fsp3) is 0.364. The average molecular weight is 383 g/mol. The minimum atomic E-state index is -0.464. The molecule has 1 atom stereocenters. The number of quaternary nitrogens is 2. The van der Waals surface area contributed by atoms with Crippen LogP contribution in [0.3, 0.4) is 0 Å². The van der Waals surface area contributed by atoms with Crippen molar-refractivity contribution in [2.45, 2.75) is 19.5 Å². The predicted molar refractivity (Wildman–Crippen MR) is 108 cm³/mol. The zero-order chi connectivity index (χ0) is 19.9. The van der Waals surface area contributed by atoms with Gasteiger partial charge in [0.1, 0.15) is 32.7 Å². The number of carbonyl (C=O) groups is 2. The monoisotopic (exact) mass is 382 g/mol. The molecule has 0 unspecified atom stereocenters. The summed E-state index contributed by atoms with van der Waals surface area (Å²) in [6.45, 7) is 6.95. The highest BCUT2D eigenvalue weighted by atomic mass is 16.2. The zero-order valence-corrected chi connectivity index (χ0v) is 16.6. The van der Waals surface area contributed by atoms with Gasteiger partial charge in [-0.1, -0.05) is 54.6 Å². The van der Waals surface area contributed by atoms with Gasteiger partial charge in [0.25, 0.3) is 5.91 Å². The SMILES string of the molecule is CNC(=O)NC(=O)[C@@H](c1ccccc1)[NH+]1CC[NH+](Cc2ccccc2C)CC1. The molecule has 6 heteroatoms. The minimum absolute atomic E-state index is 0.247. The Bertz CT molecular complexity index is 801. The van der Waals surface area contributed by atoms with E-state index in [0.29, 0.717) is 0 Å². The molecule has 1 saturated heterocycles. The standard InChI is InChI=1S/C22H28N4O2/c1-17-8-6-7-11-19(17)16-25-12-14-26(15-13-25)20(18-9-4-3-5-10-18)21(27)24-22(28)23-2/h3-11,20H,12-16H2,1-2H3,(H2,23,24,27,28)/p+2/t20-/m1/s1. The lowest BCUT2D eigenvalue weighted by molar-refractivity contribution is -1.03. The van der Waals surface area contributed by atoms with Gasteiger partial charge in [0.05, 0.1) is 0 Å². The number of carbonyl (C=O) groups excluding carboxylic acids is 2. The van der Waals surface area contributed by atoms with Crippen molar-refractivity contribution in [3.63, 3.8) is 0 Å².